The summed E-state index contributed by atoms with van der Waals surface area (Å²) in [6, 6.07) is 0. The molecule has 0 aromatic carbocycles. The summed E-state index contributed by atoms with van der Waals surface area (Å²) < 4.78 is 30.0. The zero-order valence-electron chi connectivity index (χ0n) is 14.5. The van der Waals surface area contributed by atoms with Gasteiger partial charge in [-0.1, -0.05) is 0 Å². The number of esters is 1. The van der Waals surface area contributed by atoms with Gasteiger partial charge in [0, 0.05) is 6.42 Å². The normalized spacial score (nSPS) is 14.7. The third-order valence-corrected chi connectivity index (χ3v) is 5.64. The van der Waals surface area contributed by atoms with Crippen molar-refractivity contribution in [2.24, 2.45) is 0 Å². The third-order valence-electron chi connectivity index (χ3n) is 2.10. The lowest BCUT2D eigenvalue weighted by atomic mass is 10.2. The number of halogens is 1. The highest BCUT2D eigenvalue weighted by Crippen LogP contribution is 2.59. The molecule has 22 heavy (non-hydrogen) atoms. The monoisotopic (exact) mass is 374 g/mol. The van der Waals surface area contributed by atoms with Gasteiger partial charge >= 0.3 is 13.6 Å². The number of rotatable bonds is 8. The van der Waals surface area contributed by atoms with Gasteiger partial charge in [-0.3, -0.25) is 9.36 Å². The van der Waals surface area contributed by atoms with E-state index < -0.39 is 30.6 Å². The largest absolute Gasteiger partial charge is 0.448 e. The fourth-order valence-corrected chi connectivity index (χ4v) is 4.76. The molecule has 0 saturated heterocycles. The molecule has 0 rings (SSSR count). The van der Waals surface area contributed by atoms with Gasteiger partial charge in [-0.2, -0.15) is 11.8 Å². The molecule has 0 heterocycles. The van der Waals surface area contributed by atoms with E-state index in [1.165, 1.54) is 0 Å². The lowest BCUT2D eigenvalue weighted by Crippen LogP contribution is -2.31. The molecule has 1 atom stereocenters. The van der Waals surface area contributed by atoms with Crippen LogP contribution in [0.3, 0.4) is 0 Å². The predicted octanol–water partition coefficient (Wildman–Crippen LogP) is 4.67. The van der Waals surface area contributed by atoms with Crippen molar-refractivity contribution in [3.05, 3.63) is 0 Å². The molecule has 0 saturated carbocycles. The number of alkyl halides is 1. The molecule has 0 aromatic heterocycles. The Balaban J connectivity index is 5.50. The summed E-state index contributed by atoms with van der Waals surface area (Å²) in [7, 11) is -3.68. The van der Waals surface area contributed by atoms with Crippen LogP contribution in [-0.2, 0) is 23.1 Å². The number of ether oxygens (including phenoxy) is 1. The van der Waals surface area contributed by atoms with Crippen molar-refractivity contribution in [1.29, 1.82) is 0 Å². The van der Waals surface area contributed by atoms with Crippen LogP contribution in [0, 0.1) is 0 Å². The van der Waals surface area contributed by atoms with Crippen molar-refractivity contribution in [2.45, 2.75) is 65.0 Å². The maximum Gasteiger partial charge on any atom is 0.371 e. The van der Waals surface area contributed by atoms with Crippen LogP contribution in [0.25, 0.3) is 0 Å². The van der Waals surface area contributed by atoms with Gasteiger partial charge in [0.25, 0.3) is 0 Å². The second-order valence-corrected chi connectivity index (χ2v) is 10.1. The first-order valence-electron chi connectivity index (χ1n) is 7.08. The van der Waals surface area contributed by atoms with Crippen LogP contribution in [0.5, 0.6) is 0 Å². The van der Waals surface area contributed by atoms with E-state index in [2.05, 4.69) is 0 Å². The summed E-state index contributed by atoms with van der Waals surface area (Å²) in [4.78, 5) is 11.6. The molecule has 0 aliphatic heterocycles. The van der Waals surface area contributed by atoms with Gasteiger partial charge in [0.15, 0.2) is 0 Å². The lowest BCUT2D eigenvalue weighted by Gasteiger charge is -2.35. The molecule has 0 aliphatic carbocycles. The van der Waals surface area contributed by atoms with Gasteiger partial charge in [0.05, 0.1) is 11.2 Å². The van der Waals surface area contributed by atoms with Gasteiger partial charge < -0.3 is 13.8 Å². The standard InChI is InChI=1S/C14H28ClO5PS/c1-13(2,3)19-21(17,20-14(4,5)6)12(8-9-22-7)18-11(16)10-15/h12H,8-10H2,1-7H3/t12-/m0/s1. The Hall–Kier alpha value is 0.260. The van der Waals surface area contributed by atoms with Crippen molar-refractivity contribution in [3.63, 3.8) is 0 Å². The number of hydrogen-bond acceptors (Lipinski definition) is 6. The Kier molecular flexibility index (Phi) is 9.04. The van der Waals surface area contributed by atoms with E-state index in [0.29, 0.717) is 12.2 Å². The topological polar surface area (TPSA) is 61.8 Å². The van der Waals surface area contributed by atoms with E-state index in [0.717, 1.165) is 0 Å². The molecule has 0 amide bonds. The molecule has 0 N–H and O–H groups in total. The highest BCUT2D eigenvalue weighted by atomic mass is 35.5. The molecule has 5 nitrogen and oxygen atoms in total. The molecular formula is C14H28ClO5PS. The molecular weight excluding hydrogens is 347 g/mol. The first-order chi connectivity index (χ1) is 9.83. The van der Waals surface area contributed by atoms with Crippen LogP contribution in [0.1, 0.15) is 48.0 Å². The van der Waals surface area contributed by atoms with Gasteiger partial charge in [-0.25, -0.2) is 0 Å². The van der Waals surface area contributed by atoms with E-state index in [4.69, 9.17) is 25.4 Å². The van der Waals surface area contributed by atoms with E-state index in [9.17, 15) is 9.36 Å². The Morgan fingerprint density at radius 1 is 1.14 bits per heavy atom. The highest BCUT2D eigenvalue weighted by molar-refractivity contribution is 7.98. The zero-order chi connectivity index (χ0) is 17.6. The molecule has 8 heteroatoms. The Bertz CT molecular complexity index is 383. The summed E-state index contributed by atoms with van der Waals surface area (Å²) in [6.45, 7) is 10.7. The van der Waals surface area contributed by atoms with Gasteiger partial charge in [0.2, 0.25) is 5.85 Å². The average molecular weight is 375 g/mol. The molecule has 0 spiro atoms. The fraction of sp³-hybridized carbons (Fsp3) is 0.929. The molecule has 0 bridgehead atoms. The average Bonchev–Trinajstić information content (AvgIpc) is 2.28. The molecule has 0 aromatic rings. The van der Waals surface area contributed by atoms with Crippen molar-refractivity contribution >= 4 is 36.9 Å². The second kappa shape index (κ2) is 8.93. The van der Waals surface area contributed by atoms with E-state index in [1.54, 1.807) is 53.3 Å². The fourth-order valence-electron chi connectivity index (χ4n) is 1.58. The highest BCUT2D eigenvalue weighted by Gasteiger charge is 2.44. The van der Waals surface area contributed by atoms with Crippen LogP contribution in [0.2, 0.25) is 0 Å². The minimum absolute atomic E-state index is 0.305. The third kappa shape index (κ3) is 9.41. The van der Waals surface area contributed by atoms with E-state index in [-0.39, 0.29) is 5.88 Å². The number of hydrogen-bond donors (Lipinski definition) is 0. The minimum atomic E-state index is -3.68. The molecule has 0 fully saturated rings. The molecule has 132 valence electrons. The first-order valence-corrected chi connectivity index (χ1v) is 10.6. The van der Waals surface area contributed by atoms with Crippen molar-refractivity contribution in [3.8, 4) is 0 Å². The zero-order valence-corrected chi connectivity index (χ0v) is 16.9. The maximum atomic E-state index is 13.3. The van der Waals surface area contributed by atoms with E-state index >= 15 is 0 Å². The van der Waals surface area contributed by atoms with Crippen molar-refractivity contribution < 1.29 is 23.1 Å². The lowest BCUT2D eigenvalue weighted by molar-refractivity contribution is -0.144. The van der Waals surface area contributed by atoms with E-state index in [1.807, 2.05) is 6.26 Å². The smallest absolute Gasteiger partial charge is 0.371 e. The minimum Gasteiger partial charge on any atom is -0.448 e. The Morgan fingerprint density at radius 2 is 1.59 bits per heavy atom. The van der Waals surface area contributed by atoms with Crippen LogP contribution < -0.4 is 0 Å². The SMILES string of the molecule is CSCC[C@@H](OC(=O)CCl)P(=O)(OC(C)(C)C)OC(C)(C)C. The van der Waals surface area contributed by atoms with Gasteiger partial charge in [-0.15, -0.1) is 11.6 Å². The van der Waals surface area contributed by atoms with Crippen LogP contribution in [0.4, 0.5) is 0 Å². The second-order valence-electron chi connectivity index (χ2n) is 6.81. The van der Waals surface area contributed by atoms with Crippen molar-refractivity contribution in [1.82, 2.24) is 0 Å². The van der Waals surface area contributed by atoms with Crippen LogP contribution in [0.15, 0.2) is 0 Å². The predicted molar refractivity (Wildman–Crippen MR) is 92.9 cm³/mol. The summed E-state index contributed by atoms with van der Waals surface area (Å²) in [5.74, 6) is -1.25. The van der Waals surface area contributed by atoms with Gasteiger partial charge in [0.1, 0.15) is 5.88 Å². The number of thioether (sulfide) groups is 1. The summed E-state index contributed by atoms with van der Waals surface area (Å²) >= 11 is 7.06. The number of carbonyl (C=O) groups excluding carboxylic acids is 1. The summed E-state index contributed by atoms with van der Waals surface area (Å²) in [6.07, 6.45) is 2.29. The molecule has 0 radical (unpaired) electrons. The summed E-state index contributed by atoms with van der Waals surface area (Å²) in [5, 5.41) is 0. The number of carbonyl (C=O) groups is 1. The first kappa shape index (κ1) is 22.3. The van der Waals surface area contributed by atoms with Gasteiger partial charge in [-0.05, 0) is 53.6 Å². The van der Waals surface area contributed by atoms with Crippen LogP contribution >= 0.6 is 31.0 Å². The molecule has 0 aliphatic rings. The Morgan fingerprint density at radius 3 is 1.91 bits per heavy atom. The van der Waals surface area contributed by atoms with Crippen molar-refractivity contribution in [2.75, 3.05) is 17.9 Å². The van der Waals surface area contributed by atoms with Crippen LogP contribution in [-0.4, -0.2) is 40.9 Å². The summed E-state index contributed by atoms with van der Waals surface area (Å²) in [5.41, 5.74) is -1.41. The Labute approximate surface area is 143 Å². The molecule has 0 unspecified atom stereocenters. The maximum absolute atomic E-state index is 13.3. The quantitative estimate of drug-likeness (QED) is 0.349.